The number of carbonyl (C=O) groups is 1. The third-order valence-corrected chi connectivity index (χ3v) is 6.37. The Kier molecular flexibility index (Phi) is 8.36. The summed E-state index contributed by atoms with van der Waals surface area (Å²) < 4.78 is 19.2. The molecule has 0 aliphatic carbocycles. The molecule has 0 heterocycles. The Morgan fingerprint density at radius 2 is 1.41 bits per heavy atom. The molecule has 0 radical (unpaired) electrons. The normalized spacial score (nSPS) is 11.6. The van der Waals surface area contributed by atoms with Crippen LogP contribution in [0.25, 0.3) is 0 Å². The summed E-state index contributed by atoms with van der Waals surface area (Å²) >= 11 is 1.78. The second-order valence-electron chi connectivity index (χ2n) is 7.92. The molecular weight excluding hydrogens is 445 g/mol. The van der Waals surface area contributed by atoms with Crippen molar-refractivity contribution in [2.45, 2.75) is 23.1 Å². The largest absolute Gasteiger partial charge is 0.491 e. The lowest BCUT2D eigenvalue weighted by Gasteiger charge is -2.20. The molecule has 4 aromatic carbocycles. The topological polar surface area (TPSA) is 38.3 Å². The Morgan fingerprint density at radius 3 is 2.06 bits per heavy atom. The molecule has 0 saturated carbocycles. The zero-order chi connectivity index (χ0) is 23.6. The molecule has 0 aromatic heterocycles. The zero-order valence-corrected chi connectivity index (χ0v) is 19.5. The number of halogens is 1. The third-order valence-electron chi connectivity index (χ3n) is 5.29. The van der Waals surface area contributed by atoms with E-state index in [4.69, 9.17) is 4.74 Å². The van der Waals surface area contributed by atoms with Crippen molar-refractivity contribution >= 4 is 17.7 Å². The minimum atomic E-state index is -0.369. The maximum atomic E-state index is 13.2. The second-order valence-corrected chi connectivity index (χ2v) is 8.97. The number of rotatable bonds is 10. The van der Waals surface area contributed by atoms with Crippen LogP contribution in [0.15, 0.2) is 114 Å². The molecule has 34 heavy (non-hydrogen) atoms. The van der Waals surface area contributed by atoms with E-state index in [0.717, 1.165) is 17.1 Å². The molecule has 5 heteroatoms. The molecule has 0 bridgehead atoms. The highest BCUT2D eigenvalue weighted by Gasteiger charge is 2.16. The quantitative estimate of drug-likeness (QED) is 0.267. The molecule has 0 spiro atoms. The van der Waals surface area contributed by atoms with Crippen LogP contribution in [0, 0.1) is 5.82 Å². The summed E-state index contributed by atoms with van der Waals surface area (Å²) in [6, 6.07) is 33.6. The van der Waals surface area contributed by atoms with Gasteiger partial charge in [0.05, 0.1) is 6.04 Å². The Labute approximate surface area is 204 Å². The van der Waals surface area contributed by atoms with Gasteiger partial charge in [0.1, 0.15) is 18.2 Å². The molecule has 1 unspecified atom stereocenters. The number of ether oxygens (including phenoxy) is 1. The lowest BCUT2D eigenvalue weighted by atomic mass is 10.1. The third kappa shape index (κ3) is 7.22. The van der Waals surface area contributed by atoms with Crippen molar-refractivity contribution in [3.63, 3.8) is 0 Å². The molecule has 4 aromatic rings. The first-order valence-corrected chi connectivity index (χ1v) is 12.1. The summed E-state index contributed by atoms with van der Waals surface area (Å²) in [6.07, 6.45) is 0.624. The van der Waals surface area contributed by atoms with Gasteiger partial charge >= 0.3 is 0 Å². The van der Waals surface area contributed by atoms with Crippen LogP contribution >= 0.6 is 11.8 Å². The van der Waals surface area contributed by atoms with Gasteiger partial charge in [0.2, 0.25) is 0 Å². The van der Waals surface area contributed by atoms with Crippen LogP contribution in [0.5, 0.6) is 5.75 Å². The molecule has 0 saturated heterocycles. The smallest absolute Gasteiger partial charge is 0.251 e. The van der Waals surface area contributed by atoms with Crippen molar-refractivity contribution in [3.8, 4) is 5.75 Å². The van der Waals surface area contributed by atoms with Crippen LogP contribution in [0.2, 0.25) is 0 Å². The first kappa shape index (κ1) is 23.6. The van der Waals surface area contributed by atoms with Gasteiger partial charge in [0.25, 0.3) is 5.91 Å². The fraction of sp³-hybridized carbons (Fsp3) is 0.138. The van der Waals surface area contributed by atoms with Crippen LogP contribution in [0.4, 0.5) is 4.39 Å². The van der Waals surface area contributed by atoms with Crippen molar-refractivity contribution in [2.24, 2.45) is 0 Å². The first-order chi connectivity index (χ1) is 16.7. The maximum absolute atomic E-state index is 13.2. The highest BCUT2D eigenvalue weighted by Crippen LogP contribution is 2.25. The minimum Gasteiger partial charge on any atom is -0.491 e. The summed E-state index contributed by atoms with van der Waals surface area (Å²) in [4.78, 5) is 13.9. The van der Waals surface area contributed by atoms with Crippen molar-refractivity contribution in [2.75, 3.05) is 6.61 Å². The van der Waals surface area contributed by atoms with Gasteiger partial charge in [0, 0.05) is 16.2 Å². The van der Waals surface area contributed by atoms with E-state index in [1.54, 1.807) is 11.8 Å². The average Bonchev–Trinajstić information content (AvgIpc) is 2.88. The molecule has 0 aliphatic rings. The molecule has 4 rings (SSSR count). The van der Waals surface area contributed by atoms with E-state index < -0.39 is 0 Å². The SMILES string of the molecule is O=C(NC(COc1ccc(SCc2ccccc2)cc1)Cc1ccccc1)c1ccc(F)cc1. The van der Waals surface area contributed by atoms with Gasteiger partial charge in [-0.05, 0) is 66.1 Å². The minimum absolute atomic E-state index is 0.243. The fourth-order valence-electron chi connectivity index (χ4n) is 3.49. The van der Waals surface area contributed by atoms with E-state index in [0.29, 0.717) is 18.6 Å². The number of hydrogen-bond acceptors (Lipinski definition) is 3. The van der Waals surface area contributed by atoms with E-state index in [1.807, 2.05) is 72.8 Å². The van der Waals surface area contributed by atoms with Gasteiger partial charge in [-0.1, -0.05) is 60.7 Å². The maximum Gasteiger partial charge on any atom is 0.251 e. The molecule has 0 aliphatic heterocycles. The van der Waals surface area contributed by atoms with Gasteiger partial charge in [-0.15, -0.1) is 11.8 Å². The second kappa shape index (κ2) is 12.1. The summed E-state index contributed by atoms with van der Waals surface area (Å²) in [5, 5.41) is 3.03. The first-order valence-electron chi connectivity index (χ1n) is 11.2. The van der Waals surface area contributed by atoms with Gasteiger partial charge in [0.15, 0.2) is 0 Å². The van der Waals surface area contributed by atoms with E-state index in [2.05, 4.69) is 17.4 Å². The standard InChI is InChI=1S/C29H26FNO2S/c30-25-13-11-24(12-14-25)29(32)31-26(19-22-7-3-1-4-8-22)20-33-27-15-17-28(18-16-27)34-21-23-9-5-2-6-10-23/h1-18,26H,19-21H2,(H,31,32). The number of benzene rings is 4. The van der Waals surface area contributed by atoms with Gasteiger partial charge in [-0.25, -0.2) is 4.39 Å². The van der Waals surface area contributed by atoms with Crippen LogP contribution in [0.1, 0.15) is 21.5 Å². The van der Waals surface area contributed by atoms with Crippen molar-refractivity contribution in [1.29, 1.82) is 0 Å². The number of nitrogens with one attached hydrogen (secondary N) is 1. The van der Waals surface area contributed by atoms with Crippen molar-refractivity contribution in [3.05, 3.63) is 132 Å². The summed E-state index contributed by atoms with van der Waals surface area (Å²) in [5.41, 5.74) is 2.80. The number of thioether (sulfide) groups is 1. The van der Waals surface area contributed by atoms with Crippen LogP contribution in [-0.2, 0) is 12.2 Å². The Balaban J connectivity index is 1.36. The number of hydrogen-bond donors (Lipinski definition) is 1. The van der Waals surface area contributed by atoms with E-state index >= 15 is 0 Å². The molecule has 1 atom stereocenters. The molecule has 3 nitrogen and oxygen atoms in total. The monoisotopic (exact) mass is 471 g/mol. The van der Waals surface area contributed by atoms with E-state index in [-0.39, 0.29) is 17.8 Å². The number of carbonyl (C=O) groups excluding carboxylic acids is 1. The Bertz CT molecular complexity index is 1170. The van der Waals surface area contributed by atoms with Crippen molar-refractivity contribution in [1.82, 2.24) is 5.32 Å². The van der Waals surface area contributed by atoms with Gasteiger partial charge in [-0.2, -0.15) is 0 Å². The van der Waals surface area contributed by atoms with Gasteiger partial charge < -0.3 is 10.1 Å². The average molecular weight is 472 g/mol. The lowest BCUT2D eigenvalue weighted by molar-refractivity contribution is 0.0921. The van der Waals surface area contributed by atoms with Gasteiger partial charge in [-0.3, -0.25) is 4.79 Å². The van der Waals surface area contributed by atoms with Crippen LogP contribution < -0.4 is 10.1 Å². The predicted octanol–water partition coefficient (Wildman–Crippen LogP) is 6.54. The predicted molar refractivity (Wildman–Crippen MR) is 136 cm³/mol. The van der Waals surface area contributed by atoms with Crippen LogP contribution in [0.3, 0.4) is 0 Å². The highest BCUT2D eigenvalue weighted by molar-refractivity contribution is 7.98. The number of amides is 1. The zero-order valence-electron chi connectivity index (χ0n) is 18.7. The van der Waals surface area contributed by atoms with E-state index in [1.165, 1.54) is 34.7 Å². The summed E-state index contributed by atoms with van der Waals surface area (Å²) in [6.45, 7) is 0.318. The Morgan fingerprint density at radius 1 is 0.794 bits per heavy atom. The Hall–Kier alpha value is -3.57. The fourth-order valence-corrected chi connectivity index (χ4v) is 4.34. The molecular formula is C29H26FNO2S. The summed E-state index contributed by atoms with van der Waals surface area (Å²) in [7, 11) is 0. The molecule has 0 fully saturated rings. The molecule has 1 N–H and O–H groups in total. The molecule has 1 amide bonds. The lowest BCUT2D eigenvalue weighted by Crippen LogP contribution is -2.40. The summed E-state index contributed by atoms with van der Waals surface area (Å²) in [5.74, 6) is 1.04. The van der Waals surface area contributed by atoms with Crippen molar-refractivity contribution < 1.29 is 13.9 Å². The molecule has 172 valence electrons. The highest BCUT2D eigenvalue weighted by atomic mass is 32.2. The van der Waals surface area contributed by atoms with E-state index in [9.17, 15) is 9.18 Å². The van der Waals surface area contributed by atoms with Crippen LogP contribution in [-0.4, -0.2) is 18.6 Å².